The van der Waals surface area contributed by atoms with Gasteiger partial charge in [-0.15, -0.1) is 0 Å². The Morgan fingerprint density at radius 3 is 2.75 bits per heavy atom. The zero-order valence-electron chi connectivity index (χ0n) is 13.1. The van der Waals surface area contributed by atoms with Crippen LogP contribution in [0.3, 0.4) is 0 Å². The third-order valence-corrected chi connectivity index (χ3v) is 5.11. The first-order valence-electron chi connectivity index (χ1n) is 8.62. The van der Waals surface area contributed by atoms with Crippen LogP contribution in [0.25, 0.3) is 0 Å². The number of rotatable bonds is 5. The molecule has 2 aliphatic rings. The van der Waals surface area contributed by atoms with Crippen molar-refractivity contribution in [2.75, 3.05) is 13.1 Å². The predicted molar refractivity (Wildman–Crippen MR) is 83.1 cm³/mol. The number of aromatic nitrogens is 2. The molecular formula is C17H29N3. The average molecular weight is 275 g/mol. The van der Waals surface area contributed by atoms with Gasteiger partial charge in [-0.05, 0) is 63.6 Å². The second kappa shape index (κ2) is 6.30. The van der Waals surface area contributed by atoms with Gasteiger partial charge in [-0.3, -0.25) is 4.68 Å². The summed E-state index contributed by atoms with van der Waals surface area (Å²) in [5, 5.41) is 4.64. The molecule has 0 spiro atoms. The second-order valence-corrected chi connectivity index (χ2v) is 6.59. The molecule has 1 aromatic rings. The molecule has 0 bridgehead atoms. The van der Waals surface area contributed by atoms with Gasteiger partial charge >= 0.3 is 0 Å². The second-order valence-electron chi connectivity index (χ2n) is 6.59. The van der Waals surface area contributed by atoms with E-state index in [2.05, 4.69) is 34.7 Å². The molecule has 0 radical (unpaired) electrons. The van der Waals surface area contributed by atoms with Crippen molar-refractivity contribution in [2.24, 2.45) is 0 Å². The van der Waals surface area contributed by atoms with Gasteiger partial charge in [0.2, 0.25) is 0 Å². The molecule has 1 aliphatic carbocycles. The molecule has 20 heavy (non-hydrogen) atoms. The molecule has 1 aromatic heterocycles. The van der Waals surface area contributed by atoms with Gasteiger partial charge in [0.05, 0.1) is 6.20 Å². The average Bonchev–Trinajstić information content (AvgIpc) is 2.76. The van der Waals surface area contributed by atoms with E-state index in [9.17, 15) is 0 Å². The normalized spacial score (nSPS) is 25.6. The minimum Gasteiger partial charge on any atom is -0.300 e. The van der Waals surface area contributed by atoms with Crippen LogP contribution in [0.2, 0.25) is 0 Å². The van der Waals surface area contributed by atoms with E-state index in [0.29, 0.717) is 0 Å². The molecule has 0 aromatic carbocycles. The van der Waals surface area contributed by atoms with Gasteiger partial charge in [0, 0.05) is 24.2 Å². The summed E-state index contributed by atoms with van der Waals surface area (Å²) in [5.41, 5.74) is 3.14. The van der Waals surface area contributed by atoms with E-state index >= 15 is 0 Å². The van der Waals surface area contributed by atoms with E-state index in [1.54, 1.807) is 11.3 Å². The fraction of sp³-hybridized carbons (Fsp3) is 0.824. The van der Waals surface area contributed by atoms with Crippen LogP contribution in [0, 0.1) is 0 Å². The Morgan fingerprint density at radius 2 is 2.00 bits per heavy atom. The molecule has 3 nitrogen and oxygen atoms in total. The number of aryl methyl sites for hydroxylation is 1. The van der Waals surface area contributed by atoms with Gasteiger partial charge in [0.1, 0.15) is 0 Å². The lowest BCUT2D eigenvalue weighted by molar-refractivity contribution is 0.182. The van der Waals surface area contributed by atoms with Gasteiger partial charge in [0.15, 0.2) is 0 Å². The summed E-state index contributed by atoms with van der Waals surface area (Å²) in [6, 6.07) is 0.745. The van der Waals surface area contributed by atoms with Gasteiger partial charge in [0.25, 0.3) is 0 Å². The van der Waals surface area contributed by atoms with Crippen molar-refractivity contribution in [3.05, 3.63) is 17.5 Å². The summed E-state index contributed by atoms with van der Waals surface area (Å²) in [5.74, 6) is 0.788. The minimum absolute atomic E-state index is 0.745. The Balaban J connectivity index is 1.80. The summed E-state index contributed by atoms with van der Waals surface area (Å²) < 4.78 is 2.30. The van der Waals surface area contributed by atoms with E-state index < -0.39 is 0 Å². The fourth-order valence-corrected chi connectivity index (χ4v) is 4.26. The number of hydrogen-bond donors (Lipinski definition) is 0. The van der Waals surface area contributed by atoms with Crippen LogP contribution in [0.5, 0.6) is 0 Å². The standard InChI is InChI=1S/C17H29N3/c1-3-9-19(10-4-2)16-8-7-14-6-5-11-20-17(14)15(12-16)13-18-20/h13-14,16H,3-12H2,1-2H3/t14-,16-/m0/s1. The summed E-state index contributed by atoms with van der Waals surface area (Å²) in [7, 11) is 0. The van der Waals surface area contributed by atoms with Gasteiger partial charge in [-0.25, -0.2) is 0 Å². The highest BCUT2D eigenvalue weighted by atomic mass is 15.3. The van der Waals surface area contributed by atoms with Crippen molar-refractivity contribution in [3.63, 3.8) is 0 Å². The first-order chi connectivity index (χ1) is 9.83. The summed E-state index contributed by atoms with van der Waals surface area (Å²) in [6.07, 6.45) is 11.4. The smallest absolute Gasteiger partial charge is 0.0525 e. The lowest BCUT2D eigenvalue weighted by Gasteiger charge is -2.30. The van der Waals surface area contributed by atoms with E-state index in [-0.39, 0.29) is 0 Å². The molecule has 0 saturated heterocycles. The van der Waals surface area contributed by atoms with Crippen LogP contribution < -0.4 is 0 Å². The maximum absolute atomic E-state index is 4.64. The highest BCUT2D eigenvalue weighted by Crippen LogP contribution is 2.37. The number of nitrogens with zero attached hydrogens (tertiary/aromatic N) is 3. The topological polar surface area (TPSA) is 21.1 Å². The Hall–Kier alpha value is -0.830. The van der Waals surface area contributed by atoms with E-state index in [1.807, 2.05) is 0 Å². The van der Waals surface area contributed by atoms with Gasteiger partial charge < -0.3 is 4.90 Å². The monoisotopic (exact) mass is 275 g/mol. The molecule has 0 amide bonds. The first kappa shape index (κ1) is 14.1. The number of hydrogen-bond acceptors (Lipinski definition) is 2. The van der Waals surface area contributed by atoms with Gasteiger partial charge in [-0.2, -0.15) is 5.10 Å². The van der Waals surface area contributed by atoms with E-state index in [0.717, 1.165) is 18.5 Å². The Labute approximate surface area is 123 Å². The third kappa shape index (κ3) is 2.65. The maximum atomic E-state index is 4.64. The molecule has 0 unspecified atom stereocenters. The van der Waals surface area contributed by atoms with Crippen molar-refractivity contribution in [1.82, 2.24) is 14.7 Å². The molecule has 2 heterocycles. The third-order valence-electron chi connectivity index (χ3n) is 5.11. The quantitative estimate of drug-likeness (QED) is 0.819. The first-order valence-corrected chi connectivity index (χ1v) is 8.62. The molecular weight excluding hydrogens is 246 g/mol. The van der Waals surface area contributed by atoms with Crippen LogP contribution in [0.4, 0.5) is 0 Å². The highest BCUT2D eigenvalue weighted by Gasteiger charge is 2.31. The van der Waals surface area contributed by atoms with E-state index in [1.165, 1.54) is 58.0 Å². The lowest BCUT2D eigenvalue weighted by atomic mass is 9.91. The molecule has 2 atom stereocenters. The molecule has 3 heteroatoms. The SMILES string of the molecule is CCCN(CCC)[C@H]1CC[C@@H]2CCCn3ncc(c32)C1. The minimum atomic E-state index is 0.745. The summed E-state index contributed by atoms with van der Waals surface area (Å²) >= 11 is 0. The molecule has 0 fully saturated rings. The van der Waals surface area contributed by atoms with Crippen LogP contribution in [-0.4, -0.2) is 33.8 Å². The molecule has 1 aliphatic heterocycles. The van der Waals surface area contributed by atoms with Gasteiger partial charge in [-0.1, -0.05) is 13.8 Å². The Kier molecular flexibility index (Phi) is 4.45. The zero-order valence-corrected chi connectivity index (χ0v) is 13.1. The van der Waals surface area contributed by atoms with Crippen molar-refractivity contribution in [3.8, 4) is 0 Å². The van der Waals surface area contributed by atoms with Crippen molar-refractivity contribution in [1.29, 1.82) is 0 Å². The molecule has 0 N–H and O–H groups in total. The molecule has 0 saturated carbocycles. The van der Waals surface area contributed by atoms with Crippen LogP contribution >= 0.6 is 0 Å². The zero-order chi connectivity index (χ0) is 13.9. The summed E-state index contributed by atoms with van der Waals surface area (Å²) in [6.45, 7) is 8.27. The van der Waals surface area contributed by atoms with Crippen molar-refractivity contribution in [2.45, 2.75) is 77.3 Å². The van der Waals surface area contributed by atoms with Crippen LogP contribution in [0.15, 0.2) is 6.20 Å². The Morgan fingerprint density at radius 1 is 1.20 bits per heavy atom. The molecule has 3 rings (SSSR count). The lowest BCUT2D eigenvalue weighted by Crippen LogP contribution is -2.37. The van der Waals surface area contributed by atoms with Crippen molar-refractivity contribution < 1.29 is 0 Å². The summed E-state index contributed by atoms with van der Waals surface area (Å²) in [4.78, 5) is 2.74. The Bertz CT molecular complexity index is 431. The molecule has 112 valence electrons. The van der Waals surface area contributed by atoms with Crippen LogP contribution in [0.1, 0.15) is 69.5 Å². The predicted octanol–water partition coefficient (Wildman–Crippen LogP) is 3.59. The van der Waals surface area contributed by atoms with Crippen LogP contribution in [-0.2, 0) is 13.0 Å². The van der Waals surface area contributed by atoms with E-state index in [4.69, 9.17) is 0 Å². The fourth-order valence-electron chi connectivity index (χ4n) is 4.26. The van der Waals surface area contributed by atoms with Crippen molar-refractivity contribution >= 4 is 0 Å². The highest BCUT2D eigenvalue weighted by molar-refractivity contribution is 5.26. The largest absolute Gasteiger partial charge is 0.300 e. The maximum Gasteiger partial charge on any atom is 0.0525 e.